The maximum absolute atomic E-state index is 14.2. The van der Waals surface area contributed by atoms with Gasteiger partial charge in [-0.15, -0.1) is 11.8 Å². The summed E-state index contributed by atoms with van der Waals surface area (Å²) >= 11 is 1.60. The van der Waals surface area contributed by atoms with Gasteiger partial charge in [0.2, 0.25) is 11.8 Å². The predicted molar refractivity (Wildman–Crippen MR) is 121 cm³/mol. The fourth-order valence-corrected chi connectivity index (χ4v) is 3.72. The van der Waals surface area contributed by atoms with Crippen molar-refractivity contribution in [3.63, 3.8) is 0 Å². The molecule has 2 rings (SSSR count). The largest absolute Gasteiger partial charge is 0.354 e. The monoisotopic (exact) mass is 430 g/mol. The van der Waals surface area contributed by atoms with Gasteiger partial charge in [-0.05, 0) is 38.0 Å². The van der Waals surface area contributed by atoms with Crippen molar-refractivity contribution in [2.24, 2.45) is 5.92 Å². The van der Waals surface area contributed by atoms with Gasteiger partial charge in [-0.3, -0.25) is 9.59 Å². The Balaban J connectivity index is 2.06. The molecular formula is C24H31FN2O2S. The van der Waals surface area contributed by atoms with Crippen molar-refractivity contribution in [2.45, 2.75) is 51.6 Å². The quantitative estimate of drug-likeness (QED) is 0.551. The van der Waals surface area contributed by atoms with Crippen molar-refractivity contribution < 1.29 is 14.0 Å². The highest BCUT2D eigenvalue weighted by atomic mass is 32.2. The van der Waals surface area contributed by atoms with Gasteiger partial charge in [0, 0.05) is 35.7 Å². The Kier molecular flexibility index (Phi) is 9.37. The predicted octanol–water partition coefficient (Wildman–Crippen LogP) is 4.81. The molecule has 4 nitrogen and oxygen atoms in total. The topological polar surface area (TPSA) is 49.4 Å². The third-order valence-electron chi connectivity index (χ3n) is 4.76. The smallest absolute Gasteiger partial charge is 0.242 e. The van der Waals surface area contributed by atoms with E-state index in [0.29, 0.717) is 23.8 Å². The van der Waals surface area contributed by atoms with Gasteiger partial charge in [-0.2, -0.15) is 0 Å². The number of thioether (sulfide) groups is 1. The summed E-state index contributed by atoms with van der Waals surface area (Å²) in [5.74, 6) is 0.141. The van der Waals surface area contributed by atoms with E-state index in [4.69, 9.17) is 0 Å². The number of aryl methyl sites for hydroxylation is 1. The van der Waals surface area contributed by atoms with Gasteiger partial charge in [-0.1, -0.05) is 49.7 Å². The Morgan fingerprint density at radius 1 is 1.07 bits per heavy atom. The number of nitrogens with zero attached hydrogens (tertiary/aromatic N) is 1. The van der Waals surface area contributed by atoms with Crippen LogP contribution in [0.2, 0.25) is 0 Å². The molecule has 0 spiro atoms. The number of hydrogen-bond acceptors (Lipinski definition) is 3. The Hall–Kier alpha value is -2.34. The molecule has 2 aromatic carbocycles. The van der Waals surface area contributed by atoms with E-state index in [-0.39, 0.29) is 30.6 Å². The molecule has 0 radical (unpaired) electrons. The molecule has 0 heterocycles. The fraction of sp³-hybridized carbons (Fsp3) is 0.417. The lowest BCUT2D eigenvalue weighted by Crippen LogP contribution is -2.48. The van der Waals surface area contributed by atoms with Gasteiger partial charge in [0.15, 0.2) is 0 Å². The van der Waals surface area contributed by atoms with Gasteiger partial charge in [0.1, 0.15) is 11.9 Å². The molecule has 162 valence electrons. The molecule has 30 heavy (non-hydrogen) atoms. The fourth-order valence-electron chi connectivity index (χ4n) is 2.88. The summed E-state index contributed by atoms with van der Waals surface area (Å²) in [4.78, 5) is 28.2. The van der Waals surface area contributed by atoms with Crippen molar-refractivity contribution in [3.05, 3.63) is 65.5 Å². The molecule has 0 aliphatic carbocycles. The van der Waals surface area contributed by atoms with E-state index in [9.17, 15) is 14.0 Å². The molecule has 0 aliphatic rings. The highest BCUT2D eigenvalue weighted by Gasteiger charge is 2.26. The van der Waals surface area contributed by atoms with Crippen molar-refractivity contribution in [1.82, 2.24) is 10.2 Å². The standard InChI is InChI=1S/C24H31FN2O2S/c1-17(2)15-26-24(29)19(4)27(16-20-7-5-6-8-22(20)25)23(28)13-14-30-21-11-9-18(3)10-12-21/h5-12,17,19H,13-16H2,1-4H3,(H,26,29)/t19-/m0/s1. The van der Waals surface area contributed by atoms with E-state index in [0.717, 1.165) is 4.90 Å². The Morgan fingerprint density at radius 2 is 1.73 bits per heavy atom. The summed E-state index contributed by atoms with van der Waals surface area (Å²) in [7, 11) is 0. The number of halogens is 1. The molecule has 1 N–H and O–H groups in total. The third-order valence-corrected chi connectivity index (χ3v) is 5.77. The van der Waals surface area contributed by atoms with Gasteiger partial charge >= 0.3 is 0 Å². The van der Waals surface area contributed by atoms with Crippen LogP contribution in [0.25, 0.3) is 0 Å². The zero-order chi connectivity index (χ0) is 22.1. The maximum Gasteiger partial charge on any atom is 0.242 e. The van der Waals surface area contributed by atoms with Gasteiger partial charge < -0.3 is 10.2 Å². The zero-order valence-corrected chi connectivity index (χ0v) is 19.0. The summed E-state index contributed by atoms with van der Waals surface area (Å²) in [5.41, 5.74) is 1.59. The van der Waals surface area contributed by atoms with Gasteiger partial charge in [-0.25, -0.2) is 4.39 Å². The van der Waals surface area contributed by atoms with Crippen molar-refractivity contribution in [1.29, 1.82) is 0 Å². The zero-order valence-electron chi connectivity index (χ0n) is 18.2. The molecule has 6 heteroatoms. The summed E-state index contributed by atoms with van der Waals surface area (Å²) in [6, 6.07) is 13.8. The first-order valence-corrected chi connectivity index (χ1v) is 11.3. The third kappa shape index (κ3) is 7.48. The maximum atomic E-state index is 14.2. The minimum Gasteiger partial charge on any atom is -0.354 e. The number of hydrogen-bond donors (Lipinski definition) is 1. The van der Waals surface area contributed by atoms with Crippen LogP contribution in [0.15, 0.2) is 53.4 Å². The van der Waals surface area contributed by atoms with E-state index in [1.54, 1.807) is 36.9 Å². The molecule has 2 amide bonds. The van der Waals surface area contributed by atoms with E-state index in [2.05, 4.69) is 5.32 Å². The SMILES string of the molecule is Cc1ccc(SCCC(=O)N(Cc2ccccc2F)[C@@H](C)C(=O)NCC(C)C)cc1. The number of carbonyl (C=O) groups is 2. The first-order valence-electron chi connectivity index (χ1n) is 10.3. The van der Waals surface area contributed by atoms with Crippen LogP contribution in [0.3, 0.4) is 0 Å². The van der Waals surface area contributed by atoms with Crippen molar-refractivity contribution in [2.75, 3.05) is 12.3 Å². The second kappa shape index (κ2) is 11.7. The van der Waals surface area contributed by atoms with Crippen LogP contribution in [-0.2, 0) is 16.1 Å². The summed E-state index contributed by atoms with van der Waals surface area (Å²) < 4.78 is 14.2. The van der Waals surface area contributed by atoms with Crippen LogP contribution in [0, 0.1) is 18.7 Å². The van der Waals surface area contributed by atoms with Gasteiger partial charge in [0.05, 0.1) is 0 Å². The van der Waals surface area contributed by atoms with Crippen LogP contribution < -0.4 is 5.32 Å². The Morgan fingerprint density at radius 3 is 2.37 bits per heavy atom. The minimum absolute atomic E-state index is 0.0664. The number of benzene rings is 2. The Labute approximate surface area is 183 Å². The van der Waals surface area contributed by atoms with Crippen LogP contribution in [-0.4, -0.2) is 35.1 Å². The van der Waals surface area contributed by atoms with E-state index in [1.807, 2.05) is 45.0 Å². The molecule has 0 aliphatic heterocycles. The van der Waals surface area contributed by atoms with E-state index in [1.165, 1.54) is 16.5 Å². The van der Waals surface area contributed by atoms with Crippen LogP contribution in [0.1, 0.15) is 38.3 Å². The first-order chi connectivity index (χ1) is 14.3. The second-order valence-corrected chi connectivity index (χ2v) is 9.01. The summed E-state index contributed by atoms with van der Waals surface area (Å²) in [6.07, 6.45) is 0.273. The highest BCUT2D eigenvalue weighted by molar-refractivity contribution is 7.99. The lowest BCUT2D eigenvalue weighted by Gasteiger charge is -2.29. The Bertz CT molecular complexity index is 839. The molecule has 2 aromatic rings. The molecule has 0 fully saturated rings. The van der Waals surface area contributed by atoms with Crippen LogP contribution >= 0.6 is 11.8 Å². The second-order valence-electron chi connectivity index (χ2n) is 7.84. The highest BCUT2D eigenvalue weighted by Crippen LogP contribution is 2.21. The van der Waals surface area contributed by atoms with Crippen LogP contribution in [0.5, 0.6) is 0 Å². The number of nitrogens with one attached hydrogen (secondary N) is 1. The molecule has 0 bridgehead atoms. The molecular weight excluding hydrogens is 399 g/mol. The summed E-state index contributed by atoms with van der Waals surface area (Å²) in [6.45, 7) is 8.35. The molecule has 0 unspecified atom stereocenters. The van der Waals surface area contributed by atoms with Crippen LogP contribution in [0.4, 0.5) is 4.39 Å². The molecule has 0 saturated heterocycles. The number of carbonyl (C=O) groups excluding carboxylic acids is 2. The number of rotatable bonds is 10. The summed E-state index contributed by atoms with van der Waals surface area (Å²) in [5, 5.41) is 2.87. The normalized spacial score (nSPS) is 11.9. The molecule has 1 atom stereocenters. The van der Waals surface area contributed by atoms with E-state index >= 15 is 0 Å². The average Bonchev–Trinajstić information content (AvgIpc) is 2.72. The van der Waals surface area contributed by atoms with E-state index < -0.39 is 6.04 Å². The first kappa shape index (κ1) is 23.9. The van der Waals surface area contributed by atoms with Crippen molar-refractivity contribution in [3.8, 4) is 0 Å². The van der Waals surface area contributed by atoms with Gasteiger partial charge in [0.25, 0.3) is 0 Å². The van der Waals surface area contributed by atoms with Crippen molar-refractivity contribution >= 4 is 23.6 Å². The lowest BCUT2D eigenvalue weighted by atomic mass is 10.1. The molecule has 0 aromatic heterocycles. The minimum atomic E-state index is -0.680. The lowest BCUT2D eigenvalue weighted by molar-refractivity contribution is -0.140. The number of amides is 2. The molecule has 0 saturated carbocycles. The average molecular weight is 431 g/mol.